The fourth-order valence-electron chi connectivity index (χ4n) is 5.70. The van der Waals surface area contributed by atoms with Crippen molar-refractivity contribution in [2.45, 2.75) is 45.1 Å². The van der Waals surface area contributed by atoms with Gasteiger partial charge in [0, 0.05) is 48.4 Å². The van der Waals surface area contributed by atoms with Crippen LogP contribution in [0.5, 0.6) is 0 Å². The second kappa shape index (κ2) is 9.97. The van der Waals surface area contributed by atoms with E-state index in [1.54, 1.807) is 12.4 Å². The summed E-state index contributed by atoms with van der Waals surface area (Å²) in [7, 11) is 2.08. The highest BCUT2D eigenvalue weighted by atomic mass is 35.5. The molecule has 2 aliphatic rings. The molecule has 0 aliphatic carbocycles. The van der Waals surface area contributed by atoms with E-state index >= 15 is 0 Å². The zero-order chi connectivity index (χ0) is 23.9. The number of aliphatic hydroxyl groups is 1. The van der Waals surface area contributed by atoms with E-state index in [2.05, 4.69) is 77.4 Å². The number of aromatic nitrogens is 3. The van der Waals surface area contributed by atoms with Crippen molar-refractivity contribution in [3.05, 3.63) is 65.3 Å². The Morgan fingerprint density at radius 1 is 1.20 bits per heavy atom. The summed E-state index contributed by atoms with van der Waals surface area (Å²) in [5.74, 6) is 2.14. The Labute approximate surface area is 213 Å². The van der Waals surface area contributed by atoms with Gasteiger partial charge in [-0.25, -0.2) is 0 Å². The van der Waals surface area contributed by atoms with Gasteiger partial charge >= 0.3 is 0 Å². The summed E-state index contributed by atoms with van der Waals surface area (Å²) in [6.07, 6.45) is 5.43. The van der Waals surface area contributed by atoms with Crippen molar-refractivity contribution in [1.82, 2.24) is 25.3 Å². The molecule has 4 heterocycles. The molecule has 2 fully saturated rings. The fourth-order valence-corrected chi connectivity index (χ4v) is 5.70. The number of benzene rings is 1. The summed E-state index contributed by atoms with van der Waals surface area (Å²) in [5, 5.41) is 20.0. The first-order valence-corrected chi connectivity index (χ1v) is 12.3. The Morgan fingerprint density at radius 2 is 1.94 bits per heavy atom. The summed E-state index contributed by atoms with van der Waals surface area (Å²) in [6.45, 7) is 10.1. The quantitative estimate of drug-likeness (QED) is 0.509. The lowest BCUT2D eigenvalue weighted by Crippen LogP contribution is -2.63. The van der Waals surface area contributed by atoms with Gasteiger partial charge in [0.2, 0.25) is 11.7 Å². The molecule has 2 aromatic heterocycles. The lowest BCUT2D eigenvalue weighted by atomic mass is 9.62. The Bertz CT molecular complexity index is 1140. The molecule has 0 bridgehead atoms. The number of rotatable bonds is 7. The van der Waals surface area contributed by atoms with Crippen LogP contribution in [0.15, 0.2) is 47.2 Å². The minimum atomic E-state index is -1.19. The predicted octanol–water partition coefficient (Wildman–Crippen LogP) is 4.02. The van der Waals surface area contributed by atoms with Crippen LogP contribution in [-0.2, 0) is 12.0 Å². The molecule has 2 N–H and O–H groups in total. The molecule has 35 heavy (non-hydrogen) atoms. The SMILES string of the molecule is CC(C)c1ccc([C@](O)(c2cncc(-c3noc(C[C@H]4CCNC4)n3)c2)C2(C)CN(C)C2)cc1.Cl. The second-order valence-corrected chi connectivity index (χ2v) is 10.8. The second-order valence-electron chi connectivity index (χ2n) is 10.8. The Morgan fingerprint density at radius 3 is 2.57 bits per heavy atom. The van der Waals surface area contributed by atoms with E-state index in [0.717, 1.165) is 55.7 Å². The molecule has 0 unspecified atom stereocenters. The lowest BCUT2D eigenvalue weighted by Gasteiger charge is -2.55. The van der Waals surface area contributed by atoms with Crippen LogP contribution in [-0.4, -0.2) is 58.4 Å². The van der Waals surface area contributed by atoms with Crippen LogP contribution in [0.1, 0.15) is 55.7 Å². The summed E-state index contributed by atoms with van der Waals surface area (Å²) < 4.78 is 5.55. The third kappa shape index (κ3) is 4.75. The van der Waals surface area contributed by atoms with Crippen molar-refractivity contribution in [2.75, 3.05) is 33.2 Å². The number of hydrogen-bond acceptors (Lipinski definition) is 7. The van der Waals surface area contributed by atoms with E-state index in [0.29, 0.717) is 23.6 Å². The summed E-state index contributed by atoms with van der Waals surface area (Å²) >= 11 is 0. The number of likely N-dealkylation sites (tertiary alicyclic amines) is 1. The van der Waals surface area contributed by atoms with Crippen molar-refractivity contribution in [3.8, 4) is 11.4 Å². The number of halogens is 1. The van der Waals surface area contributed by atoms with E-state index in [1.807, 2.05) is 6.07 Å². The molecule has 2 saturated heterocycles. The van der Waals surface area contributed by atoms with Crippen molar-refractivity contribution in [1.29, 1.82) is 0 Å². The van der Waals surface area contributed by atoms with E-state index in [-0.39, 0.29) is 17.8 Å². The van der Waals surface area contributed by atoms with E-state index in [1.165, 1.54) is 5.56 Å². The van der Waals surface area contributed by atoms with Crippen LogP contribution < -0.4 is 5.32 Å². The molecule has 5 rings (SSSR count). The van der Waals surface area contributed by atoms with E-state index < -0.39 is 5.60 Å². The van der Waals surface area contributed by atoms with Crippen molar-refractivity contribution < 1.29 is 9.63 Å². The highest BCUT2D eigenvalue weighted by Gasteiger charge is 2.55. The molecule has 0 spiro atoms. The van der Waals surface area contributed by atoms with Gasteiger partial charge in [-0.15, -0.1) is 12.4 Å². The Balaban J connectivity index is 0.00000289. The van der Waals surface area contributed by atoms with E-state index in [4.69, 9.17) is 4.52 Å². The molecular formula is C27H36ClN5O2. The normalized spacial score (nSPS) is 21.4. The average Bonchev–Trinajstić information content (AvgIpc) is 3.50. The summed E-state index contributed by atoms with van der Waals surface area (Å²) in [5.41, 5.74) is 2.11. The van der Waals surface area contributed by atoms with E-state index in [9.17, 15) is 5.11 Å². The molecule has 2 atom stereocenters. The summed E-state index contributed by atoms with van der Waals surface area (Å²) in [6, 6.07) is 10.3. The van der Waals surface area contributed by atoms with Crippen molar-refractivity contribution in [2.24, 2.45) is 11.3 Å². The van der Waals surface area contributed by atoms with Crippen molar-refractivity contribution in [3.63, 3.8) is 0 Å². The molecule has 2 aliphatic heterocycles. The van der Waals surface area contributed by atoms with Crippen LogP contribution in [0.3, 0.4) is 0 Å². The minimum Gasteiger partial charge on any atom is -0.380 e. The number of pyridine rings is 1. The molecule has 1 aromatic carbocycles. The highest BCUT2D eigenvalue weighted by Crippen LogP contribution is 2.50. The smallest absolute Gasteiger partial charge is 0.227 e. The first kappa shape index (κ1) is 25.8. The fraction of sp³-hybridized carbons (Fsp3) is 0.519. The Hall–Kier alpha value is -2.32. The third-order valence-corrected chi connectivity index (χ3v) is 7.61. The number of nitrogens with zero attached hydrogens (tertiary/aromatic N) is 4. The molecule has 0 saturated carbocycles. The molecule has 3 aromatic rings. The number of nitrogens with one attached hydrogen (secondary N) is 1. The zero-order valence-electron chi connectivity index (χ0n) is 21.0. The number of hydrogen-bond donors (Lipinski definition) is 2. The van der Waals surface area contributed by atoms with Gasteiger partial charge in [-0.1, -0.05) is 50.2 Å². The maximum Gasteiger partial charge on any atom is 0.227 e. The predicted molar refractivity (Wildman–Crippen MR) is 139 cm³/mol. The molecule has 188 valence electrons. The Kier molecular flexibility index (Phi) is 7.34. The van der Waals surface area contributed by atoms with Crippen LogP contribution in [0, 0.1) is 11.3 Å². The standard InChI is InChI=1S/C27H35N5O2.ClH/c1-18(2)20-5-7-22(8-6-20)27(33,26(3)16-32(4)17-26)23-12-21(14-29-15-23)25-30-24(34-31-25)11-19-9-10-28-13-19;/h5-8,12,14-15,18-19,28,33H,9-11,13,16-17H2,1-4H3;1H/t19-,27+;/m1./s1. The molecular weight excluding hydrogens is 462 g/mol. The summed E-state index contributed by atoms with van der Waals surface area (Å²) in [4.78, 5) is 11.4. The van der Waals surface area contributed by atoms with Crippen LogP contribution >= 0.6 is 12.4 Å². The van der Waals surface area contributed by atoms with Crippen molar-refractivity contribution >= 4 is 12.4 Å². The van der Waals surface area contributed by atoms with Gasteiger partial charge in [-0.3, -0.25) is 4.98 Å². The largest absolute Gasteiger partial charge is 0.380 e. The van der Waals surface area contributed by atoms with Gasteiger partial charge in [0.1, 0.15) is 5.60 Å². The average molecular weight is 498 g/mol. The van der Waals surface area contributed by atoms with Crippen LogP contribution in [0.2, 0.25) is 0 Å². The van der Waals surface area contributed by atoms with Gasteiger partial charge in [0.15, 0.2) is 0 Å². The highest BCUT2D eigenvalue weighted by molar-refractivity contribution is 5.85. The van der Waals surface area contributed by atoms with Gasteiger partial charge < -0.3 is 19.8 Å². The molecule has 0 amide bonds. The monoisotopic (exact) mass is 497 g/mol. The van der Waals surface area contributed by atoms with Crippen LogP contribution in [0.4, 0.5) is 0 Å². The maximum atomic E-state index is 12.4. The minimum absolute atomic E-state index is 0. The maximum absolute atomic E-state index is 12.4. The first-order valence-electron chi connectivity index (χ1n) is 12.3. The van der Waals surface area contributed by atoms with Gasteiger partial charge in [0.05, 0.1) is 0 Å². The van der Waals surface area contributed by atoms with Gasteiger partial charge in [0.25, 0.3) is 0 Å². The molecule has 8 heteroatoms. The van der Waals surface area contributed by atoms with Gasteiger partial charge in [-0.05, 0) is 55.6 Å². The zero-order valence-corrected chi connectivity index (χ0v) is 21.8. The first-order chi connectivity index (χ1) is 16.3. The van der Waals surface area contributed by atoms with Crippen LogP contribution in [0.25, 0.3) is 11.4 Å². The topological polar surface area (TPSA) is 87.3 Å². The molecule has 0 radical (unpaired) electrons. The molecule has 7 nitrogen and oxygen atoms in total. The third-order valence-electron chi connectivity index (χ3n) is 7.61. The lowest BCUT2D eigenvalue weighted by molar-refractivity contribution is -0.127. The van der Waals surface area contributed by atoms with Gasteiger partial charge in [-0.2, -0.15) is 4.98 Å².